The quantitative estimate of drug-likeness (QED) is 0.907. The molecular formula is C16H27Cl2N3O. The second-order valence-electron chi connectivity index (χ2n) is 5.86. The minimum atomic E-state index is -0.365. The van der Waals surface area contributed by atoms with Gasteiger partial charge in [0, 0.05) is 32.7 Å². The topological polar surface area (TPSA) is 49.6 Å². The third-order valence-electron chi connectivity index (χ3n) is 3.94. The fraction of sp³-hybridized carbons (Fsp3) is 0.562. The summed E-state index contributed by atoms with van der Waals surface area (Å²) in [6.45, 7) is 8.36. The molecule has 2 rings (SSSR count). The van der Waals surface area contributed by atoms with Crippen LogP contribution in [0.5, 0.6) is 0 Å². The molecule has 0 aliphatic carbocycles. The van der Waals surface area contributed by atoms with E-state index >= 15 is 0 Å². The molecule has 1 aromatic rings. The van der Waals surface area contributed by atoms with Crippen molar-refractivity contribution in [2.45, 2.75) is 26.4 Å². The van der Waals surface area contributed by atoms with E-state index in [1.54, 1.807) is 0 Å². The van der Waals surface area contributed by atoms with Crippen LogP contribution < -0.4 is 5.73 Å². The van der Waals surface area contributed by atoms with Gasteiger partial charge in [0.15, 0.2) is 0 Å². The molecule has 0 radical (unpaired) electrons. The predicted molar refractivity (Wildman–Crippen MR) is 95.6 cm³/mol. The van der Waals surface area contributed by atoms with Crippen LogP contribution in [0.25, 0.3) is 0 Å². The molecule has 1 atom stereocenters. The Kier molecular flexibility index (Phi) is 9.69. The summed E-state index contributed by atoms with van der Waals surface area (Å²) in [7, 11) is 0. The summed E-state index contributed by atoms with van der Waals surface area (Å²) in [5.41, 5.74) is 7.27. The average molecular weight is 348 g/mol. The molecule has 1 unspecified atom stereocenters. The molecule has 1 heterocycles. The van der Waals surface area contributed by atoms with Crippen molar-refractivity contribution < 1.29 is 4.79 Å². The molecule has 1 saturated heterocycles. The van der Waals surface area contributed by atoms with Crippen LogP contribution in [-0.2, 0) is 11.3 Å². The van der Waals surface area contributed by atoms with E-state index in [-0.39, 0.29) is 42.7 Å². The maximum atomic E-state index is 12.2. The molecule has 0 spiro atoms. The summed E-state index contributed by atoms with van der Waals surface area (Å²) < 4.78 is 0. The van der Waals surface area contributed by atoms with Crippen molar-refractivity contribution in [2.75, 3.05) is 26.2 Å². The van der Waals surface area contributed by atoms with Gasteiger partial charge < -0.3 is 10.6 Å². The Balaban J connectivity index is 0.00000220. The fourth-order valence-electron chi connectivity index (χ4n) is 2.46. The molecule has 6 heteroatoms. The molecule has 0 bridgehead atoms. The van der Waals surface area contributed by atoms with E-state index in [1.807, 2.05) is 24.8 Å². The Morgan fingerprint density at radius 3 is 2.14 bits per heavy atom. The molecule has 1 aliphatic rings. The molecular weight excluding hydrogens is 321 g/mol. The highest BCUT2D eigenvalue weighted by Gasteiger charge is 2.26. The summed E-state index contributed by atoms with van der Waals surface area (Å²) in [6.07, 6.45) is 0. The molecule has 22 heavy (non-hydrogen) atoms. The molecule has 1 fully saturated rings. The summed E-state index contributed by atoms with van der Waals surface area (Å²) in [6, 6.07) is 10.1. The highest BCUT2D eigenvalue weighted by molar-refractivity contribution is 5.85. The number of benzene rings is 1. The second-order valence-corrected chi connectivity index (χ2v) is 5.86. The van der Waals surface area contributed by atoms with E-state index in [9.17, 15) is 4.79 Å². The van der Waals surface area contributed by atoms with Gasteiger partial charge in [0.2, 0.25) is 5.91 Å². The predicted octanol–water partition coefficient (Wildman–Crippen LogP) is 2.16. The Hall–Kier alpha value is -0.810. The summed E-state index contributed by atoms with van der Waals surface area (Å²) in [5.74, 6) is 0.296. The molecule has 1 aliphatic heterocycles. The number of carbonyl (C=O) groups is 1. The highest BCUT2D eigenvalue weighted by Crippen LogP contribution is 2.10. The van der Waals surface area contributed by atoms with Crippen LogP contribution >= 0.6 is 24.8 Å². The Morgan fingerprint density at radius 1 is 1.09 bits per heavy atom. The molecule has 1 amide bonds. The monoisotopic (exact) mass is 347 g/mol. The zero-order chi connectivity index (χ0) is 14.5. The fourth-order valence-corrected chi connectivity index (χ4v) is 2.46. The lowest BCUT2D eigenvalue weighted by Crippen LogP contribution is -2.54. The maximum absolute atomic E-state index is 12.2. The van der Waals surface area contributed by atoms with Gasteiger partial charge >= 0.3 is 0 Å². The average Bonchev–Trinajstić information content (AvgIpc) is 2.47. The van der Waals surface area contributed by atoms with E-state index in [1.165, 1.54) is 5.56 Å². The lowest BCUT2D eigenvalue weighted by Gasteiger charge is -2.36. The van der Waals surface area contributed by atoms with Crippen LogP contribution in [0, 0.1) is 5.92 Å². The van der Waals surface area contributed by atoms with E-state index in [4.69, 9.17) is 5.73 Å². The first-order valence-corrected chi connectivity index (χ1v) is 7.38. The minimum absolute atomic E-state index is 0. The third kappa shape index (κ3) is 5.76. The summed E-state index contributed by atoms with van der Waals surface area (Å²) in [5, 5.41) is 0. The highest BCUT2D eigenvalue weighted by atomic mass is 35.5. The number of carbonyl (C=O) groups excluding carboxylic acids is 1. The van der Waals surface area contributed by atoms with Crippen molar-refractivity contribution in [3.63, 3.8) is 0 Å². The zero-order valence-electron chi connectivity index (χ0n) is 13.3. The SMILES string of the molecule is CC(C)C(N)C(=O)N1CCN(Cc2ccccc2)CC1.Cl.Cl. The number of hydrogen-bond acceptors (Lipinski definition) is 3. The van der Waals surface area contributed by atoms with Crippen molar-refractivity contribution in [1.29, 1.82) is 0 Å². The van der Waals surface area contributed by atoms with Crippen molar-refractivity contribution in [3.8, 4) is 0 Å². The number of piperazine rings is 1. The molecule has 1 aromatic carbocycles. The smallest absolute Gasteiger partial charge is 0.239 e. The third-order valence-corrected chi connectivity index (χ3v) is 3.94. The molecule has 0 aromatic heterocycles. The van der Waals surface area contributed by atoms with Gasteiger partial charge in [0.05, 0.1) is 6.04 Å². The van der Waals surface area contributed by atoms with Crippen LogP contribution in [-0.4, -0.2) is 47.9 Å². The number of amides is 1. The van der Waals surface area contributed by atoms with Gasteiger partial charge in [-0.05, 0) is 11.5 Å². The van der Waals surface area contributed by atoms with E-state index in [0.29, 0.717) is 0 Å². The lowest BCUT2D eigenvalue weighted by atomic mass is 10.0. The Morgan fingerprint density at radius 2 is 1.64 bits per heavy atom. The number of rotatable bonds is 4. The van der Waals surface area contributed by atoms with Gasteiger partial charge in [0.1, 0.15) is 0 Å². The lowest BCUT2D eigenvalue weighted by molar-refractivity contribution is -0.135. The van der Waals surface area contributed by atoms with Gasteiger partial charge in [-0.15, -0.1) is 24.8 Å². The molecule has 0 saturated carbocycles. The normalized spacial score (nSPS) is 16.6. The molecule has 126 valence electrons. The van der Waals surface area contributed by atoms with Crippen LogP contribution in [0.1, 0.15) is 19.4 Å². The summed E-state index contributed by atoms with van der Waals surface area (Å²) >= 11 is 0. The van der Waals surface area contributed by atoms with Crippen molar-refractivity contribution >= 4 is 30.7 Å². The van der Waals surface area contributed by atoms with Crippen molar-refractivity contribution in [2.24, 2.45) is 11.7 Å². The van der Waals surface area contributed by atoms with Crippen LogP contribution in [0.2, 0.25) is 0 Å². The Bertz CT molecular complexity index is 434. The first-order chi connectivity index (χ1) is 9.58. The number of hydrogen-bond donors (Lipinski definition) is 1. The zero-order valence-corrected chi connectivity index (χ0v) is 14.9. The van der Waals surface area contributed by atoms with Crippen molar-refractivity contribution in [3.05, 3.63) is 35.9 Å². The first-order valence-electron chi connectivity index (χ1n) is 7.38. The van der Waals surface area contributed by atoms with Crippen LogP contribution in [0.3, 0.4) is 0 Å². The van der Waals surface area contributed by atoms with Gasteiger partial charge in [-0.3, -0.25) is 9.69 Å². The maximum Gasteiger partial charge on any atom is 0.239 e. The second kappa shape index (κ2) is 10.1. The van der Waals surface area contributed by atoms with Gasteiger partial charge in [-0.2, -0.15) is 0 Å². The number of nitrogens with zero attached hydrogens (tertiary/aromatic N) is 2. The van der Waals surface area contributed by atoms with Crippen molar-refractivity contribution in [1.82, 2.24) is 9.80 Å². The standard InChI is InChI=1S/C16H25N3O.2ClH/c1-13(2)15(17)16(20)19-10-8-18(9-11-19)12-14-6-4-3-5-7-14;;/h3-7,13,15H,8-12,17H2,1-2H3;2*1H. The molecule has 2 N–H and O–H groups in total. The van der Waals surface area contributed by atoms with Gasteiger partial charge in [0.25, 0.3) is 0 Å². The minimum Gasteiger partial charge on any atom is -0.339 e. The van der Waals surface area contributed by atoms with Gasteiger partial charge in [-0.1, -0.05) is 44.2 Å². The van der Waals surface area contributed by atoms with E-state index < -0.39 is 0 Å². The van der Waals surface area contributed by atoms with Crippen LogP contribution in [0.15, 0.2) is 30.3 Å². The largest absolute Gasteiger partial charge is 0.339 e. The van der Waals surface area contributed by atoms with E-state index in [0.717, 1.165) is 32.7 Å². The number of halogens is 2. The van der Waals surface area contributed by atoms with Gasteiger partial charge in [-0.25, -0.2) is 0 Å². The Labute approximate surface area is 145 Å². The summed E-state index contributed by atoms with van der Waals surface area (Å²) in [4.78, 5) is 16.5. The van der Waals surface area contributed by atoms with Crippen LogP contribution in [0.4, 0.5) is 0 Å². The molecule has 4 nitrogen and oxygen atoms in total. The number of nitrogens with two attached hydrogens (primary N) is 1. The van der Waals surface area contributed by atoms with E-state index in [2.05, 4.69) is 29.2 Å². The first kappa shape index (κ1) is 21.2.